The van der Waals surface area contributed by atoms with Gasteiger partial charge in [0.2, 0.25) is 6.79 Å². The van der Waals surface area contributed by atoms with Crippen LogP contribution in [0, 0.1) is 0 Å². The van der Waals surface area contributed by atoms with Crippen LogP contribution in [0.2, 0.25) is 0 Å². The summed E-state index contributed by atoms with van der Waals surface area (Å²) in [6.45, 7) is 0.0543. The Morgan fingerprint density at radius 2 is 1.70 bits per heavy atom. The lowest BCUT2D eigenvalue weighted by Gasteiger charge is -2.26. The highest BCUT2D eigenvalue weighted by Gasteiger charge is 2.47. The molecule has 0 radical (unpaired) electrons. The van der Waals surface area contributed by atoms with Crippen molar-refractivity contribution in [3.05, 3.63) is 89.0 Å². The van der Waals surface area contributed by atoms with Gasteiger partial charge in [0, 0.05) is 31.0 Å². The van der Waals surface area contributed by atoms with Crippen molar-refractivity contribution in [2.24, 2.45) is 0 Å². The number of aliphatic hydroxyl groups is 1. The van der Waals surface area contributed by atoms with Gasteiger partial charge >= 0.3 is 5.97 Å². The first kappa shape index (κ1) is 23.9. The van der Waals surface area contributed by atoms with Gasteiger partial charge < -0.3 is 24.2 Å². The van der Waals surface area contributed by atoms with Crippen LogP contribution < -0.4 is 19.3 Å². The van der Waals surface area contributed by atoms with Crippen molar-refractivity contribution in [3.63, 3.8) is 0 Å². The van der Waals surface area contributed by atoms with Gasteiger partial charge in [-0.15, -0.1) is 0 Å². The summed E-state index contributed by atoms with van der Waals surface area (Å²) in [4.78, 5) is 42.2. The van der Waals surface area contributed by atoms with Crippen molar-refractivity contribution in [2.75, 3.05) is 37.8 Å². The van der Waals surface area contributed by atoms with E-state index in [4.69, 9.17) is 14.2 Å². The third-order valence-electron chi connectivity index (χ3n) is 6.36. The Labute approximate surface area is 213 Å². The lowest BCUT2D eigenvalue weighted by Crippen LogP contribution is -2.29. The second-order valence-corrected chi connectivity index (χ2v) is 8.77. The molecule has 1 atom stereocenters. The minimum Gasteiger partial charge on any atom is -0.507 e. The molecule has 2 heterocycles. The summed E-state index contributed by atoms with van der Waals surface area (Å²) in [7, 11) is 5.07. The fourth-order valence-corrected chi connectivity index (χ4v) is 4.47. The summed E-state index contributed by atoms with van der Waals surface area (Å²) in [6, 6.07) is 17.4. The van der Waals surface area contributed by atoms with E-state index in [0.717, 1.165) is 5.69 Å². The fraction of sp³-hybridized carbons (Fsp3) is 0.179. The highest BCUT2D eigenvalue weighted by atomic mass is 16.7. The number of benzene rings is 3. The van der Waals surface area contributed by atoms with Gasteiger partial charge in [-0.25, -0.2) is 4.79 Å². The van der Waals surface area contributed by atoms with Crippen molar-refractivity contribution in [1.29, 1.82) is 0 Å². The van der Waals surface area contributed by atoms with E-state index in [9.17, 15) is 19.5 Å². The molecule has 1 fully saturated rings. The molecule has 2 aliphatic rings. The maximum absolute atomic E-state index is 13.4. The predicted molar refractivity (Wildman–Crippen MR) is 136 cm³/mol. The summed E-state index contributed by atoms with van der Waals surface area (Å²) in [5, 5.41) is 11.4. The highest BCUT2D eigenvalue weighted by molar-refractivity contribution is 6.51. The van der Waals surface area contributed by atoms with Crippen LogP contribution in [0.1, 0.15) is 27.5 Å². The van der Waals surface area contributed by atoms with Crippen LogP contribution in [0.15, 0.2) is 72.3 Å². The molecule has 3 aromatic carbocycles. The Bertz CT molecular complexity index is 1440. The van der Waals surface area contributed by atoms with Crippen LogP contribution in [-0.2, 0) is 14.3 Å². The van der Waals surface area contributed by atoms with Crippen LogP contribution in [0.3, 0.4) is 0 Å². The number of ketones is 1. The number of anilines is 2. The number of amides is 1. The average molecular weight is 501 g/mol. The van der Waals surface area contributed by atoms with Gasteiger partial charge in [0.25, 0.3) is 11.7 Å². The third-order valence-corrected chi connectivity index (χ3v) is 6.36. The molecule has 0 spiro atoms. The monoisotopic (exact) mass is 500 g/mol. The molecule has 1 saturated heterocycles. The van der Waals surface area contributed by atoms with Gasteiger partial charge in [-0.3, -0.25) is 14.5 Å². The summed E-state index contributed by atoms with van der Waals surface area (Å²) in [6.07, 6.45) is 0. The van der Waals surface area contributed by atoms with E-state index in [1.54, 1.807) is 48.5 Å². The number of hydrogen-bond donors (Lipinski definition) is 1. The smallest absolute Gasteiger partial charge is 0.337 e. The van der Waals surface area contributed by atoms with Crippen molar-refractivity contribution < 1.29 is 33.7 Å². The quantitative estimate of drug-likeness (QED) is 0.243. The van der Waals surface area contributed by atoms with Gasteiger partial charge in [-0.2, -0.15) is 0 Å². The second-order valence-electron chi connectivity index (χ2n) is 8.77. The molecule has 188 valence electrons. The number of fused-ring (bicyclic) bond motifs is 1. The number of hydrogen-bond acceptors (Lipinski definition) is 8. The van der Waals surface area contributed by atoms with Crippen LogP contribution in [0.5, 0.6) is 11.5 Å². The maximum atomic E-state index is 13.4. The first-order chi connectivity index (χ1) is 17.8. The average Bonchev–Trinajstić information content (AvgIpc) is 3.49. The molecule has 0 bridgehead atoms. The normalized spacial score (nSPS) is 17.7. The zero-order valence-electron chi connectivity index (χ0n) is 20.4. The van der Waals surface area contributed by atoms with E-state index in [-0.39, 0.29) is 23.7 Å². The molecule has 1 amide bonds. The van der Waals surface area contributed by atoms with Gasteiger partial charge in [0.05, 0.1) is 24.3 Å². The number of Topliss-reactive ketones (excluding diaryl/α,β-unsaturated/α-hetero) is 1. The van der Waals surface area contributed by atoms with E-state index in [1.165, 1.54) is 18.1 Å². The third kappa shape index (κ3) is 4.14. The molecule has 37 heavy (non-hydrogen) atoms. The van der Waals surface area contributed by atoms with E-state index >= 15 is 0 Å². The molecular formula is C28H24N2O7. The largest absolute Gasteiger partial charge is 0.507 e. The molecule has 1 unspecified atom stereocenters. The molecule has 9 nitrogen and oxygen atoms in total. The Hall–Kier alpha value is -4.79. The Morgan fingerprint density at radius 3 is 2.41 bits per heavy atom. The second kappa shape index (κ2) is 9.34. The summed E-state index contributed by atoms with van der Waals surface area (Å²) in [5.74, 6) is -1.65. The van der Waals surface area contributed by atoms with Crippen molar-refractivity contribution >= 4 is 34.8 Å². The number of rotatable bonds is 5. The Kier molecular flexibility index (Phi) is 6.04. The van der Waals surface area contributed by atoms with Crippen molar-refractivity contribution in [2.45, 2.75) is 6.04 Å². The van der Waals surface area contributed by atoms with E-state index in [1.807, 2.05) is 31.1 Å². The molecule has 5 rings (SSSR count). The standard InChI is InChI=1S/C28H24N2O7/c1-29(2)19-10-7-16(8-11-19)24-23(25(31)17-9-12-21-22(14-17)37-15-36-21)26(32)27(33)30(24)20-6-4-5-18(13-20)28(34)35-3/h4-14,24,31H,15H2,1-3H3/b25-23-. The zero-order valence-corrected chi connectivity index (χ0v) is 20.4. The minimum absolute atomic E-state index is 0.0543. The Balaban J connectivity index is 1.69. The molecule has 9 heteroatoms. The fourth-order valence-electron chi connectivity index (χ4n) is 4.47. The van der Waals surface area contributed by atoms with E-state index in [0.29, 0.717) is 28.3 Å². The minimum atomic E-state index is -0.950. The van der Waals surface area contributed by atoms with E-state index < -0.39 is 23.7 Å². The molecule has 3 aromatic rings. The number of carbonyl (C=O) groups excluding carboxylic acids is 3. The molecule has 1 N–H and O–H groups in total. The summed E-state index contributed by atoms with van der Waals surface area (Å²) in [5.41, 5.74) is 2.29. The van der Waals surface area contributed by atoms with E-state index in [2.05, 4.69) is 0 Å². The zero-order chi connectivity index (χ0) is 26.3. The lowest BCUT2D eigenvalue weighted by atomic mass is 9.94. The van der Waals surface area contributed by atoms with Crippen molar-refractivity contribution in [3.8, 4) is 11.5 Å². The first-order valence-electron chi connectivity index (χ1n) is 11.5. The van der Waals surface area contributed by atoms with Crippen LogP contribution in [-0.4, -0.2) is 50.8 Å². The van der Waals surface area contributed by atoms with Crippen LogP contribution in [0.4, 0.5) is 11.4 Å². The molecule has 2 aliphatic heterocycles. The SMILES string of the molecule is COC(=O)c1cccc(N2C(=O)C(=O)/C(=C(\O)c3ccc4c(c3)OCO4)C2c2ccc(N(C)C)cc2)c1. The number of aliphatic hydroxyl groups excluding tert-OH is 1. The first-order valence-corrected chi connectivity index (χ1v) is 11.5. The summed E-state index contributed by atoms with van der Waals surface area (Å²) >= 11 is 0. The Morgan fingerprint density at radius 1 is 0.973 bits per heavy atom. The van der Waals surface area contributed by atoms with Crippen molar-refractivity contribution in [1.82, 2.24) is 0 Å². The maximum Gasteiger partial charge on any atom is 0.337 e. The number of esters is 1. The predicted octanol–water partition coefficient (Wildman–Crippen LogP) is 3.89. The number of nitrogens with zero attached hydrogens (tertiary/aromatic N) is 2. The lowest BCUT2D eigenvalue weighted by molar-refractivity contribution is -0.132. The van der Waals surface area contributed by atoms with Crippen LogP contribution in [0.25, 0.3) is 5.76 Å². The molecule has 0 saturated carbocycles. The molecular weight excluding hydrogens is 476 g/mol. The highest BCUT2D eigenvalue weighted by Crippen LogP contribution is 2.44. The van der Waals surface area contributed by atoms with Crippen LogP contribution >= 0.6 is 0 Å². The number of ether oxygens (including phenoxy) is 3. The van der Waals surface area contributed by atoms with Gasteiger partial charge in [0.1, 0.15) is 5.76 Å². The van der Waals surface area contributed by atoms with Gasteiger partial charge in [-0.1, -0.05) is 18.2 Å². The molecule has 0 aromatic heterocycles. The van der Waals surface area contributed by atoms with Gasteiger partial charge in [-0.05, 0) is 54.1 Å². The topological polar surface area (TPSA) is 106 Å². The van der Waals surface area contributed by atoms with Gasteiger partial charge in [0.15, 0.2) is 11.5 Å². The number of methoxy groups -OCH3 is 1. The summed E-state index contributed by atoms with van der Waals surface area (Å²) < 4.78 is 15.6. The molecule has 0 aliphatic carbocycles. The number of carbonyl (C=O) groups is 3.